The van der Waals surface area contributed by atoms with E-state index in [2.05, 4.69) is 15.4 Å². The van der Waals surface area contributed by atoms with E-state index in [-0.39, 0.29) is 12.3 Å². The first-order valence-corrected chi connectivity index (χ1v) is 11.0. The molecule has 0 bridgehead atoms. The van der Waals surface area contributed by atoms with Crippen LogP contribution in [0.25, 0.3) is 0 Å². The summed E-state index contributed by atoms with van der Waals surface area (Å²) in [6.45, 7) is 10.7. The lowest BCUT2D eigenvalue weighted by Gasteiger charge is -2.33. The maximum absolute atomic E-state index is 13.8. The third-order valence-corrected chi connectivity index (χ3v) is 4.57. The number of esters is 1. The average Bonchev–Trinajstić information content (AvgIpc) is 2.57. The molecule has 0 rings (SSSR count). The van der Waals surface area contributed by atoms with Crippen LogP contribution in [0.15, 0.2) is 0 Å². The van der Waals surface area contributed by atoms with Gasteiger partial charge in [0.15, 0.2) is 0 Å². The first-order valence-electron chi connectivity index (χ1n) is 11.0. The van der Waals surface area contributed by atoms with E-state index in [4.69, 9.17) is 4.74 Å². The zero-order valence-electron chi connectivity index (χ0n) is 21.1. The number of hydrogen-bond acceptors (Lipinski definition) is 6. The molecular formula is C22H38F3N3O6. The normalized spacial score (nSPS) is 15.5. The molecule has 12 heteroatoms. The second-order valence-corrected chi connectivity index (χ2v) is 9.98. The lowest BCUT2D eigenvalue weighted by atomic mass is 9.94. The first-order chi connectivity index (χ1) is 15.3. The van der Waals surface area contributed by atoms with Gasteiger partial charge >= 0.3 is 18.2 Å². The van der Waals surface area contributed by atoms with Gasteiger partial charge in [0, 0.05) is 18.5 Å². The van der Waals surface area contributed by atoms with Gasteiger partial charge in [-0.05, 0) is 47.0 Å². The molecule has 0 aliphatic heterocycles. The molecule has 0 aliphatic carbocycles. The fourth-order valence-corrected chi connectivity index (χ4v) is 3.06. The SMILES string of the molecule is COC(=O)C[C@H](CC(C)C)NC(=O)C[C@](C)(NC(=O)C[C@H](C)NC(=O)OC(C)(C)C)C(F)(F)F. The van der Waals surface area contributed by atoms with Crippen LogP contribution in [-0.4, -0.2) is 60.4 Å². The Labute approximate surface area is 198 Å². The molecule has 0 aromatic heterocycles. The zero-order valence-corrected chi connectivity index (χ0v) is 21.1. The molecule has 0 heterocycles. The van der Waals surface area contributed by atoms with Crippen molar-refractivity contribution in [3.63, 3.8) is 0 Å². The summed E-state index contributed by atoms with van der Waals surface area (Å²) in [5.74, 6) is -2.54. The second-order valence-electron chi connectivity index (χ2n) is 9.98. The van der Waals surface area contributed by atoms with Crippen molar-refractivity contribution < 1.29 is 41.8 Å². The monoisotopic (exact) mass is 497 g/mol. The number of amides is 3. The predicted octanol–water partition coefficient (Wildman–Crippen LogP) is 3.21. The van der Waals surface area contributed by atoms with E-state index in [1.807, 2.05) is 19.2 Å². The highest BCUT2D eigenvalue weighted by molar-refractivity contribution is 5.82. The van der Waals surface area contributed by atoms with Crippen molar-refractivity contribution >= 4 is 23.9 Å². The quantitative estimate of drug-likeness (QED) is 0.377. The van der Waals surface area contributed by atoms with Gasteiger partial charge < -0.3 is 25.4 Å². The number of nitrogens with one attached hydrogen (secondary N) is 3. The van der Waals surface area contributed by atoms with Crippen molar-refractivity contribution in [3.05, 3.63) is 0 Å². The largest absolute Gasteiger partial charge is 0.469 e. The van der Waals surface area contributed by atoms with E-state index in [1.165, 1.54) is 14.0 Å². The summed E-state index contributed by atoms with van der Waals surface area (Å²) in [7, 11) is 1.17. The van der Waals surface area contributed by atoms with E-state index in [1.54, 1.807) is 20.8 Å². The van der Waals surface area contributed by atoms with Crippen LogP contribution < -0.4 is 16.0 Å². The summed E-state index contributed by atoms with van der Waals surface area (Å²) in [5, 5.41) is 6.69. The number of ether oxygens (including phenoxy) is 2. The van der Waals surface area contributed by atoms with Gasteiger partial charge in [0.05, 0.1) is 20.0 Å². The lowest BCUT2D eigenvalue weighted by Crippen LogP contribution is -2.59. The van der Waals surface area contributed by atoms with E-state index in [9.17, 15) is 32.3 Å². The molecule has 0 aliphatic rings. The topological polar surface area (TPSA) is 123 Å². The summed E-state index contributed by atoms with van der Waals surface area (Å²) in [4.78, 5) is 48.1. The number of rotatable bonds is 11. The average molecular weight is 498 g/mol. The van der Waals surface area contributed by atoms with E-state index in [0.717, 1.165) is 0 Å². The van der Waals surface area contributed by atoms with Crippen LogP contribution in [0, 0.1) is 5.92 Å². The molecule has 3 atom stereocenters. The molecule has 0 aromatic rings. The Bertz CT molecular complexity index is 722. The number of methoxy groups -OCH3 is 1. The lowest BCUT2D eigenvalue weighted by molar-refractivity contribution is -0.196. The number of carbonyl (C=O) groups excluding carboxylic acids is 4. The van der Waals surface area contributed by atoms with Gasteiger partial charge in [0.1, 0.15) is 11.1 Å². The summed E-state index contributed by atoms with van der Waals surface area (Å²) in [5.41, 5.74) is -3.65. The van der Waals surface area contributed by atoms with E-state index < -0.39 is 66.1 Å². The van der Waals surface area contributed by atoms with Crippen LogP contribution >= 0.6 is 0 Å². The highest BCUT2D eigenvalue weighted by atomic mass is 19.4. The molecule has 0 unspecified atom stereocenters. The number of halogens is 3. The van der Waals surface area contributed by atoms with Crippen LogP contribution in [0.5, 0.6) is 0 Å². The minimum atomic E-state index is -4.95. The fourth-order valence-electron chi connectivity index (χ4n) is 3.06. The van der Waals surface area contributed by atoms with Crippen LogP contribution in [-0.2, 0) is 23.9 Å². The smallest absolute Gasteiger partial charge is 0.411 e. The molecule has 198 valence electrons. The maximum atomic E-state index is 13.8. The van der Waals surface area contributed by atoms with Gasteiger partial charge in [-0.3, -0.25) is 14.4 Å². The van der Waals surface area contributed by atoms with Gasteiger partial charge in [0.25, 0.3) is 0 Å². The Morgan fingerprint density at radius 3 is 1.88 bits per heavy atom. The number of carbonyl (C=O) groups is 4. The summed E-state index contributed by atoms with van der Waals surface area (Å²) >= 11 is 0. The van der Waals surface area contributed by atoms with Gasteiger partial charge in [-0.25, -0.2) is 4.79 Å². The molecule has 34 heavy (non-hydrogen) atoms. The molecule has 3 N–H and O–H groups in total. The van der Waals surface area contributed by atoms with Gasteiger partial charge in [-0.15, -0.1) is 0 Å². The minimum absolute atomic E-state index is 0.0580. The van der Waals surface area contributed by atoms with Gasteiger partial charge in [0.2, 0.25) is 11.8 Å². The molecular weight excluding hydrogens is 459 g/mol. The number of alkyl halides is 3. The molecule has 0 fully saturated rings. The van der Waals surface area contributed by atoms with Gasteiger partial charge in [-0.2, -0.15) is 13.2 Å². The second kappa shape index (κ2) is 12.8. The number of hydrogen-bond donors (Lipinski definition) is 3. The third kappa shape index (κ3) is 12.6. The Balaban J connectivity index is 5.23. The first kappa shape index (κ1) is 31.5. The van der Waals surface area contributed by atoms with Crippen molar-refractivity contribution in [2.45, 2.75) is 104 Å². The van der Waals surface area contributed by atoms with Crippen molar-refractivity contribution in [2.24, 2.45) is 5.92 Å². The van der Waals surface area contributed by atoms with Crippen molar-refractivity contribution in [2.75, 3.05) is 7.11 Å². The summed E-state index contributed by atoms with van der Waals surface area (Å²) in [6.07, 6.45) is -7.16. The molecule has 0 aromatic carbocycles. The Kier molecular flexibility index (Phi) is 11.8. The number of alkyl carbamates (subject to hydrolysis) is 1. The highest BCUT2D eigenvalue weighted by Gasteiger charge is 2.53. The standard InChI is InChI=1S/C22H38F3N3O6/c1-13(2)9-15(11-18(31)33-8)27-17(30)12-21(7,22(23,24)25)28-16(29)10-14(3)26-19(32)34-20(4,5)6/h13-15H,9-12H2,1-8H3,(H,26,32)(H,27,30)(H,28,29)/t14-,15-,21-/m0/s1. The molecule has 0 spiro atoms. The molecule has 0 saturated carbocycles. The van der Waals surface area contributed by atoms with Crippen LogP contribution in [0.4, 0.5) is 18.0 Å². The van der Waals surface area contributed by atoms with Gasteiger partial charge in [-0.1, -0.05) is 13.8 Å². The molecule has 0 saturated heterocycles. The molecule has 9 nitrogen and oxygen atoms in total. The Morgan fingerprint density at radius 1 is 0.882 bits per heavy atom. The van der Waals surface area contributed by atoms with Crippen LogP contribution in [0.2, 0.25) is 0 Å². The Hall–Kier alpha value is -2.53. The van der Waals surface area contributed by atoms with Crippen molar-refractivity contribution in [3.8, 4) is 0 Å². The maximum Gasteiger partial charge on any atom is 0.411 e. The zero-order chi connectivity index (χ0) is 26.9. The van der Waals surface area contributed by atoms with Crippen LogP contribution in [0.3, 0.4) is 0 Å². The highest BCUT2D eigenvalue weighted by Crippen LogP contribution is 2.33. The summed E-state index contributed by atoms with van der Waals surface area (Å²) in [6, 6.07) is -1.54. The third-order valence-electron chi connectivity index (χ3n) is 4.57. The van der Waals surface area contributed by atoms with Crippen molar-refractivity contribution in [1.29, 1.82) is 0 Å². The molecule has 3 amide bonds. The van der Waals surface area contributed by atoms with Crippen LogP contribution in [0.1, 0.15) is 74.1 Å². The van der Waals surface area contributed by atoms with E-state index >= 15 is 0 Å². The fraction of sp³-hybridized carbons (Fsp3) is 0.818. The van der Waals surface area contributed by atoms with Crippen molar-refractivity contribution in [1.82, 2.24) is 16.0 Å². The Morgan fingerprint density at radius 2 is 1.44 bits per heavy atom. The minimum Gasteiger partial charge on any atom is -0.469 e. The molecule has 0 radical (unpaired) electrons. The summed E-state index contributed by atoms with van der Waals surface area (Å²) < 4.78 is 51.1. The predicted molar refractivity (Wildman–Crippen MR) is 119 cm³/mol. The van der Waals surface area contributed by atoms with E-state index in [0.29, 0.717) is 13.3 Å².